The second-order valence-electron chi connectivity index (χ2n) is 20.6. The van der Waals surface area contributed by atoms with Gasteiger partial charge < -0.3 is 39.0 Å². The number of carbonyl (C=O) groups excluding carboxylic acids is 3. The second kappa shape index (κ2) is 56.8. The van der Waals surface area contributed by atoms with Gasteiger partial charge in [0.05, 0.1) is 13.0 Å². The Balaban J connectivity index is 2.76. The molecule has 0 aromatic rings. The first-order valence-electron chi connectivity index (χ1n) is 31.5. The van der Waals surface area contributed by atoms with Crippen LogP contribution in [-0.4, -0.2) is 89.2 Å². The minimum Gasteiger partial charge on any atom is -0.479 e. The quantitative estimate of drug-likeness (QED) is 0.0228. The fraction of sp³-hybridized carbons (Fsp3) is 0.577. The van der Waals surface area contributed by atoms with Crippen LogP contribution in [0.1, 0.15) is 213 Å². The first-order valence-corrected chi connectivity index (χ1v) is 31.5. The molecule has 0 saturated carbocycles. The topological polar surface area (TPSA) is 175 Å². The highest BCUT2D eigenvalue weighted by Crippen LogP contribution is 2.26. The first kappa shape index (κ1) is 75.4. The maximum Gasteiger partial charge on any atom is 0.335 e. The number of allylic oxidation sites excluding steroid dienone is 25. The molecule has 12 heteroatoms. The summed E-state index contributed by atoms with van der Waals surface area (Å²) in [4.78, 5) is 51.2. The molecule has 6 unspecified atom stereocenters. The van der Waals surface area contributed by atoms with E-state index in [9.17, 15) is 34.5 Å². The Morgan fingerprint density at radius 3 is 1.27 bits per heavy atom. The molecule has 12 nitrogen and oxygen atoms in total. The van der Waals surface area contributed by atoms with Crippen molar-refractivity contribution in [3.8, 4) is 0 Å². The highest BCUT2D eigenvalue weighted by molar-refractivity contribution is 5.74. The summed E-state index contributed by atoms with van der Waals surface area (Å²) in [6, 6.07) is 0. The highest BCUT2D eigenvalue weighted by Gasteiger charge is 2.50. The zero-order valence-electron chi connectivity index (χ0n) is 51.1. The monoisotopic (exact) mass is 1150 g/mol. The number of rotatable bonds is 51. The van der Waals surface area contributed by atoms with Gasteiger partial charge in [-0.1, -0.05) is 237 Å². The lowest BCUT2D eigenvalue weighted by Gasteiger charge is -2.40. The van der Waals surface area contributed by atoms with E-state index in [1.54, 1.807) is 6.08 Å². The zero-order valence-corrected chi connectivity index (χ0v) is 51.1. The average Bonchev–Trinajstić information content (AvgIpc) is 3.57. The number of carboxylic acids is 1. The molecule has 3 N–H and O–H groups in total. The highest BCUT2D eigenvalue weighted by atomic mass is 16.7. The molecular formula is C71H108O12. The van der Waals surface area contributed by atoms with Crippen molar-refractivity contribution >= 4 is 23.9 Å². The van der Waals surface area contributed by atoms with Gasteiger partial charge >= 0.3 is 23.9 Å². The molecule has 1 rings (SSSR count). The molecule has 0 radical (unpaired) electrons. The Morgan fingerprint density at radius 2 is 0.819 bits per heavy atom. The number of aliphatic hydroxyl groups is 2. The van der Waals surface area contributed by atoms with E-state index in [0.29, 0.717) is 25.7 Å². The molecule has 0 bridgehead atoms. The Kier molecular flexibility index (Phi) is 51.6. The minimum absolute atomic E-state index is 0.0289. The van der Waals surface area contributed by atoms with E-state index in [4.69, 9.17) is 23.7 Å². The van der Waals surface area contributed by atoms with Crippen molar-refractivity contribution in [2.75, 3.05) is 13.2 Å². The van der Waals surface area contributed by atoms with Crippen LogP contribution in [0.25, 0.3) is 0 Å². The van der Waals surface area contributed by atoms with Crippen molar-refractivity contribution in [2.45, 2.75) is 250 Å². The lowest BCUT2D eigenvalue weighted by atomic mass is 9.98. The van der Waals surface area contributed by atoms with Crippen LogP contribution in [0, 0.1) is 0 Å². The first-order chi connectivity index (χ1) is 40.6. The van der Waals surface area contributed by atoms with Crippen LogP contribution in [0.4, 0.5) is 0 Å². The molecular weight excluding hydrogens is 1040 g/mol. The van der Waals surface area contributed by atoms with Gasteiger partial charge in [0.25, 0.3) is 0 Å². The molecule has 1 heterocycles. The van der Waals surface area contributed by atoms with Crippen LogP contribution in [0.15, 0.2) is 158 Å². The summed E-state index contributed by atoms with van der Waals surface area (Å²) in [5.74, 6) is -3.43. The fourth-order valence-corrected chi connectivity index (χ4v) is 8.38. The zero-order chi connectivity index (χ0) is 60.3. The molecule has 6 atom stereocenters. The molecule has 0 amide bonds. The van der Waals surface area contributed by atoms with Gasteiger partial charge in [0.2, 0.25) is 0 Å². The molecule has 1 fully saturated rings. The predicted octanol–water partition coefficient (Wildman–Crippen LogP) is 16.9. The molecule has 0 aromatic carbocycles. The maximum atomic E-state index is 13.1. The van der Waals surface area contributed by atoms with Crippen molar-refractivity contribution in [1.82, 2.24) is 0 Å². The van der Waals surface area contributed by atoms with Gasteiger partial charge in [-0.15, -0.1) is 0 Å². The Hall–Kier alpha value is -5.66. The van der Waals surface area contributed by atoms with E-state index >= 15 is 0 Å². The Bertz CT molecular complexity index is 2050. The Morgan fingerprint density at radius 1 is 0.422 bits per heavy atom. The van der Waals surface area contributed by atoms with Crippen molar-refractivity contribution in [2.24, 2.45) is 0 Å². The van der Waals surface area contributed by atoms with E-state index < -0.39 is 73.9 Å². The predicted molar refractivity (Wildman–Crippen MR) is 339 cm³/mol. The van der Waals surface area contributed by atoms with Gasteiger partial charge in [-0.3, -0.25) is 14.4 Å². The minimum atomic E-state index is -1.94. The maximum absolute atomic E-state index is 13.1. The lowest BCUT2D eigenvalue weighted by molar-refractivity contribution is -0.301. The standard InChI is InChI=1S/C71H108O12/c1-4-7-10-13-16-19-22-25-28-30-32-34-37-39-42-45-48-51-54-57-63(72)79-60-62(81-64(73)58-55-52-49-46-43-40-36-27-24-21-18-15-12-9-6-3)61-80-71-69(67(76)66(75)68(83-71)70(77)78)82-65(74)59-56-53-50-47-44-41-38-35-33-31-29-26-23-20-17-14-11-8-5-2/h7,9-10,12,16-21,25-29,32,34,36,39,42-43,46,48,51-52,55,62,66-69,71,75-76H,4-6,8,11,13-15,22-24,30-31,33,35,37-38,40-41,44-45,47,49-50,53-54,56-61H2,1-3H3,(H,77,78)/b10-7-,12-9-,19-16-,20-17-,21-18-,28-25-,29-26-,34-32-,36-27-,42-39-,46-43-,51-48-,55-52-. The SMILES string of the molecule is CC/C=C\C/C=C\C/C=C\C/C=C\C/C=C\C/C=C\CCC(=O)OCC(COC1OC(C(=O)O)C(O)C(O)C1OC(=O)CCCCCCCCCCC/C=C\C/C=C\CCCCC)OC(=O)C/C=C\C/C=C\C/C=C\C/C=C\C/C=C\CC. The van der Waals surface area contributed by atoms with E-state index in [0.717, 1.165) is 96.3 Å². The van der Waals surface area contributed by atoms with Gasteiger partial charge in [-0.25, -0.2) is 4.79 Å². The van der Waals surface area contributed by atoms with Gasteiger partial charge in [-0.05, 0) is 116 Å². The van der Waals surface area contributed by atoms with Gasteiger partial charge in [0.1, 0.15) is 18.8 Å². The smallest absolute Gasteiger partial charge is 0.335 e. The largest absolute Gasteiger partial charge is 0.479 e. The van der Waals surface area contributed by atoms with E-state index in [1.165, 1.54) is 51.4 Å². The summed E-state index contributed by atoms with van der Waals surface area (Å²) >= 11 is 0. The summed E-state index contributed by atoms with van der Waals surface area (Å²) in [6.07, 6.45) is 71.0. The van der Waals surface area contributed by atoms with Crippen molar-refractivity contribution in [3.63, 3.8) is 0 Å². The van der Waals surface area contributed by atoms with E-state index in [1.807, 2.05) is 30.4 Å². The molecule has 0 aromatic heterocycles. The van der Waals surface area contributed by atoms with Gasteiger partial charge in [-0.2, -0.15) is 0 Å². The number of carbonyl (C=O) groups is 4. The number of hydrogen-bond donors (Lipinski definition) is 3. The molecule has 0 spiro atoms. The van der Waals surface area contributed by atoms with Crippen LogP contribution in [0.3, 0.4) is 0 Å². The van der Waals surface area contributed by atoms with Crippen molar-refractivity contribution in [3.05, 3.63) is 158 Å². The number of carboxylic acid groups (broad SMARTS) is 1. The summed E-state index contributed by atoms with van der Waals surface area (Å²) in [5.41, 5.74) is 0. The van der Waals surface area contributed by atoms with E-state index in [-0.39, 0.29) is 19.3 Å². The second-order valence-corrected chi connectivity index (χ2v) is 20.6. The fourth-order valence-electron chi connectivity index (χ4n) is 8.38. The van der Waals surface area contributed by atoms with Gasteiger partial charge in [0.15, 0.2) is 24.6 Å². The Labute approximate surface area is 501 Å². The third kappa shape index (κ3) is 46.4. The van der Waals surface area contributed by atoms with Crippen LogP contribution in [0.5, 0.6) is 0 Å². The van der Waals surface area contributed by atoms with Crippen molar-refractivity contribution in [1.29, 1.82) is 0 Å². The number of ether oxygens (including phenoxy) is 5. The van der Waals surface area contributed by atoms with Crippen LogP contribution in [0.2, 0.25) is 0 Å². The summed E-state index contributed by atoms with van der Waals surface area (Å²) < 4.78 is 28.3. The normalized spacial score (nSPS) is 18.7. The number of aliphatic carboxylic acids is 1. The van der Waals surface area contributed by atoms with Crippen LogP contribution in [-0.2, 0) is 42.9 Å². The lowest BCUT2D eigenvalue weighted by Crippen LogP contribution is -2.61. The molecule has 0 aliphatic carbocycles. The third-order valence-electron chi connectivity index (χ3n) is 13.1. The van der Waals surface area contributed by atoms with E-state index in [2.05, 4.69) is 142 Å². The average molecular weight is 1150 g/mol. The number of esters is 3. The third-order valence-corrected chi connectivity index (χ3v) is 13.1. The molecule has 464 valence electrons. The molecule has 1 aliphatic rings. The molecule has 1 saturated heterocycles. The molecule has 1 aliphatic heterocycles. The summed E-state index contributed by atoms with van der Waals surface area (Å²) in [5, 5.41) is 31.6. The number of hydrogen-bond acceptors (Lipinski definition) is 11. The number of unbranched alkanes of at least 4 members (excludes halogenated alkanes) is 12. The number of aliphatic hydroxyl groups excluding tert-OH is 2. The van der Waals surface area contributed by atoms with Crippen LogP contribution < -0.4 is 0 Å². The summed E-state index contributed by atoms with van der Waals surface area (Å²) in [6.45, 7) is 5.58. The van der Waals surface area contributed by atoms with Crippen LogP contribution >= 0.6 is 0 Å². The summed E-state index contributed by atoms with van der Waals surface area (Å²) in [7, 11) is 0. The molecule has 83 heavy (non-hydrogen) atoms. The van der Waals surface area contributed by atoms with Gasteiger partial charge in [0, 0.05) is 12.8 Å². The van der Waals surface area contributed by atoms with Crippen molar-refractivity contribution < 1.29 is 58.2 Å².